The van der Waals surface area contributed by atoms with E-state index in [4.69, 9.17) is 11.6 Å². The van der Waals surface area contributed by atoms with Crippen LogP contribution in [0.25, 0.3) is 11.3 Å². The van der Waals surface area contributed by atoms with E-state index in [2.05, 4.69) is 20.4 Å². The summed E-state index contributed by atoms with van der Waals surface area (Å²) in [5.41, 5.74) is 1.97. The molecule has 0 bridgehead atoms. The molecule has 0 spiro atoms. The number of thiazole rings is 1. The van der Waals surface area contributed by atoms with Gasteiger partial charge in [-0.15, -0.1) is 11.3 Å². The van der Waals surface area contributed by atoms with Crippen molar-refractivity contribution in [3.8, 4) is 11.3 Å². The Kier molecular flexibility index (Phi) is 6.23. The Hall–Kier alpha value is -2.25. The van der Waals surface area contributed by atoms with E-state index in [1.54, 1.807) is 16.0 Å². The van der Waals surface area contributed by atoms with Gasteiger partial charge in [0.25, 0.3) is 0 Å². The second kappa shape index (κ2) is 8.63. The Morgan fingerprint density at radius 3 is 2.67 bits per heavy atom. The van der Waals surface area contributed by atoms with Crippen LogP contribution in [0.2, 0.25) is 5.02 Å². The Balaban J connectivity index is 1.48. The quantitative estimate of drug-likeness (QED) is 0.653. The largest absolute Gasteiger partial charge is 0.355 e. The number of nitrogens with one attached hydrogen (secondary N) is 1. The number of aryl methyl sites for hydroxylation is 2. The minimum Gasteiger partial charge on any atom is -0.355 e. The van der Waals surface area contributed by atoms with Crippen LogP contribution in [0.3, 0.4) is 0 Å². The highest BCUT2D eigenvalue weighted by molar-refractivity contribution is 7.09. The number of hydrogen-bond acceptors (Lipinski definition) is 5. The number of aromatic nitrogens is 4. The molecule has 142 valence electrons. The first-order valence-electron chi connectivity index (χ1n) is 8.78. The van der Waals surface area contributed by atoms with E-state index >= 15 is 0 Å². The van der Waals surface area contributed by atoms with Gasteiger partial charge in [0.05, 0.1) is 23.2 Å². The molecule has 0 aliphatic rings. The Morgan fingerprint density at radius 1 is 1.26 bits per heavy atom. The van der Waals surface area contributed by atoms with Gasteiger partial charge in [-0.1, -0.05) is 30.7 Å². The molecule has 0 unspecified atom stereocenters. The lowest BCUT2D eigenvalue weighted by atomic mass is 10.1. The molecule has 2 heterocycles. The lowest BCUT2D eigenvalue weighted by Gasteiger charge is -2.12. The van der Waals surface area contributed by atoms with E-state index in [0.717, 1.165) is 27.9 Å². The van der Waals surface area contributed by atoms with Crippen molar-refractivity contribution in [3.05, 3.63) is 51.3 Å². The molecule has 0 saturated heterocycles. The predicted molar refractivity (Wildman–Crippen MR) is 108 cm³/mol. The molecule has 6 nitrogen and oxygen atoms in total. The number of amides is 1. The molecule has 0 saturated carbocycles. The van der Waals surface area contributed by atoms with Crippen molar-refractivity contribution in [1.29, 1.82) is 0 Å². The summed E-state index contributed by atoms with van der Waals surface area (Å²) in [4.78, 5) is 21.2. The first kappa shape index (κ1) is 19.5. The van der Waals surface area contributed by atoms with Crippen molar-refractivity contribution >= 4 is 28.8 Å². The summed E-state index contributed by atoms with van der Waals surface area (Å²) in [5, 5.41) is 11.0. The summed E-state index contributed by atoms with van der Waals surface area (Å²) in [6, 6.07) is 7.63. The third kappa shape index (κ3) is 5.14. The zero-order valence-electron chi connectivity index (χ0n) is 15.6. The van der Waals surface area contributed by atoms with E-state index in [1.807, 2.05) is 50.4 Å². The molecule has 2 aromatic heterocycles. The summed E-state index contributed by atoms with van der Waals surface area (Å²) in [6.07, 6.45) is 0.707. The summed E-state index contributed by atoms with van der Waals surface area (Å²) in [7, 11) is 0. The van der Waals surface area contributed by atoms with Crippen molar-refractivity contribution in [1.82, 2.24) is 25.1 Å². The second-order valence-electron chi connectivity index (χ2n) is 6.46. The van der Waals surface area contributed by atoms with Gasteiger partial charge in [-0.3, -0.25) is 4.79 Å². The molecule has 1 aromatic carbocycles. The van der Waals surface area contributed by atoms with Gasteiger partial charge < -0.3 is 5.32 Å². The van der Waals surface area contributed by atoms with Crippen LogP contribution in [0, 0.1) is 19.8 Å². The fraction of sp³-hybridized carbons (Fsp3) is 0.368. The summed E-state index contributed by atoms with van der Waals surface area (Å²) in [5.74, 6) is 1.38. The maximum atomic E-state index is 12.3. The van der Waals surface area contributed by atoms with Crippen molar-refractivity contribution in [2.45, 2.75) is 33.7 Å². The zero-order chi connectivity index (χ0) is 19.4. The zero-order valence-corrected chi connectivity index (χ0v) is 17.1. The minimum atomic E-state index is -0.175. The smallest absolute Gasteiger partial charge is 0.224 e. The molecular formula is C19H22ClN5OS. The number of carbonyl (C=O) groups excluding carboxylic acids is 1. The number of hydrogen-bond donors (Lipinski definition) is 1. The van der Waals surface area contributed by atoms with Gasteiger partial charge >= 0.3 is 0 Å². The molecule has 0 fully saturated rings. The SMILES string of the molecule is Cc1nc(C)n(C[C@@H](C)C(=O)NCCc2nc(-c3ccc(Cl)cc3)cs2)n1. The molecule has 1 amide bonds. The molecule has 3 rings (SSSR count). The molecule has 27 heavy (non-hydrogen) atoms. The van der Waals surface area contributed by atoms with Gasteiger partial charge in [0.1, 0.15) is 11.6 Å². The standard InChI is InChI=1S/C19H22ClN5OS/c1-12(10-25-14(3)22-13(2)24-25)19(26)21-9-8-18-23-17(11-27-18)15-4-6-16(20)7-5-15/h4-7,11-12H,8-10H2,1-3H3,(H,21,26)/t12-/m1/s1. The van der Waals surface area contributed by atoms with Crippen LogP contribution in [0.5, 0.6) is 0 Å². The normalized spacial score (nSPS) is 12.1. The summed E-state index contributed by atoms with van der Waals surface area (Å²) in [6.45, 7) is 6.72. The van der Waals surface area contributed by atoms with Gasteiger partial charge in [-0.05, 0) is 26.0 Å². The van der Waals surface area contributed by atoms with Crippen LogP contribution in [0.1, 0.15) is 23.6 Å². The van der Waals surface area contributed by atoms with E-state index in [-0.39, 0.29) is 11.8 Å². The molecule has 0 aliphatic carbocycles. The first-order chi connectivity index (χ1) is 12.9. The van der Waals surface area contributed by atoms with Gasteiger partial charge in [0.2, 0.25) is 5.91 Å². The van der Waals surface area contributed by atoms with E-state index in [1.165, 1.54) is 0 Å². The molecule has 0 aliphatic heterocycles. The minimum absolute atomic E-state index is 0.0111. The highest BCUT2D eigenvalue weighted by Gasteiger charge is 2.15. The van der Waals surface area contributed by atoms with Crippen LogP contribution in [-0.4, -0.2) is 32.2 Å². The molecule has 3 aromatic rings. The lowest BCUT2D eigenvalue weighted by molar-refractivity contribution is -0.124. The van der Waals surface area contributed by atoms with Crippen LogP contribution >= 0.6 is 22.9 Å². The summed E-state index contributed by atoms with van der Waals surface area (Å²) >= 11 is 7.52. The molecular weight excluding hydrogens is 382 g/mol. The van der Waals surface area contributed by atoms with Gasteiger partial charge in [0.15, 0.2) is 0 Å². The average Bonchev–Trinajstić information content (AvgIpc) is 3.22. The Bertz CT molecular complexity index is 919. The van der Waals surface area contributed by atoms with Crippen LogP contribution in [-0.2, 0) is 17.8 Å². The number of nitrogens with zero attached hydrogens (tertiary/aromatic N) is 4. The lowest BCUT2D eigenvalue weighted by Crippen LogP contribution is -2.33. The average molecular weight is 404 g/mol. The Morgan fingerprint density at radius 2 is 2.00 bits per heavy atom. The number of benzene rings is 1. The highest BCUT2D eigenvalue weighted by Crippen LogP contribution is 2.23. The number of rotatable bonds is 7. The molecule has 0 radical (unpaired) electrons. The van der Waals surface area contributed by atoms with Crippen LogP contribution in [0.15, 0.2) is 29.6 Å². The topological polar surface area (TPSA) is 72.7 Å². The van der Waals surface area contributed by atoms with E-state index in [9.17, 15) is 4.79 Å². The molecule has 1 N–H and O–H groups in total. The van der Waals surface area contributed by atoms with Crippen molar-refractivity contribution in [3.63, 3.8) is 0 Å². The van der Waals surface area contributed by atoms with Crippen molar-refractivity contribution in [2.75, 3.05) is 6.54 Å². The van der Waals surface area contributed by atoms with E-state index < -0.39 is 0 Å². The highest BCUT2D eigenvalue weighted by atomic mass is 35.5. The third-order valence-corrected chi connectivity index (χ3v) is 5.35. The first-order valence-corrected chi connectivity index (χ1v) is 10.0. The van der Waals surface area contributed by atoms with Gasteiger partial charge in [-0.2, -0.15) is 5.10 Å². The fourth-order valence-corrected chi connectivity index (χ4v) is 3.66. The maximum Gasteiger partial charge on any atom is 0.224 e. The predicted octanol–water partition coefficient (Wildman–Crippen LogP) is 3.67. The number of halogens is 1. The fourth-order valence-electron chi connectivity index (χ4n) is 2.72. The monoisotopic (exact) mass is 403 g/mol. The van der Waals surface area contributed by atoms with Crippen LogP contribution in [0.4, 0.5) is 0 Å². The third-order valence-electron chi connectivity index (χ3n) is 4.19. The van der Waals surface area contributed by atoms with Gasteiger partial charge in [0, 0.05) is 28.9 Å². The maximum absolute atomic E-state index is 12.3. The second-order valence-corrected chi connectivity index (χ2v) is 7.84. The van der Waals surface area contributed by atoms with E-state index in [0.29, 0.717) is 24.5 Å². The summed E-state index contributed by atoms with van der Waals surface area (Å²) < 4.78 is 1.78. The van der Waals surface area contributed by atoms with Crippen molar-refractivity contribution < 1.29 is 4.79 Å². The van der Waals surface area contributed by atoms with Crippen LogP contribution < -0.4 is 5.32 Å². The Labute approximate surface area is 167 Å². The van der Waals surface area contributed by atoms with Gasteiger partial charge in [-0.25, -0.2) is 14.6 Å². The van der Waals surface area contributed by atoms with Crippen molar-refractivity contribution in [2.24, 2.45) is 5.92 Å². The number of carbonyl (C=O) groups is 1. The molecule has 8 heteroatoms. The molecule has 1 atom stereocenters.